The molecule has 0 spiro atoms. The minimum absolute atomic E-state index is 0.00694. The van der Waals surface area contributed by atoms with Crippen LogP contribution in [-0.2, 0) is 0 Å². The van der Waals surface area contributed by atoms with Gasteiger partial charge in [-0.1, -0.05) is 42.5 Å². The molecule has 1 unspecified atom stereocenters. The fourth-order valence-corrected chi connectivity index (χ4v) is 2.20. The molecule has 0 N–H and O–H groups in total. The van der Waals surface area contributed by atoms with E-state index >= 15 is 0 Å². The highest BCUT2D eigenvalue weighted by atomic mass is 79.9. The Balaban J connectivity index is 2.31. The van der Waals surface area contributed by atoms with Crippen molar-refractivity contribution in [2.45, 2.75) is 6.04 Å². The number of hydrogen-bond acceptors (Lipinski definition) is 2. The Kier molecular flexibility index (Phi) is 2.89. The standard InChI is InChI=1S/C11H8BrNS/c12-9-6-10(14)11(13-7-9)8-4-2-1-3-5-8/h1-7,11H. The van der Waals surface area contributed by atoms with Gasteiger partial charge < -0.3 is 0 Å². The van der Waals surface area contributed by atoms with Gasteiger partial charge in [-0.15, -0.1) is 0 Å². The molecule has 0 fully saturated rings. The lowest BCUT2D eigenvalue weighted by atomic mass is 10.0. The number of aliphatic imine (C=N–C) groups is 1. The molecule has 0 radical (unpaired) electrons. The number of dihydropyridines is 1. The Bertz CT molecular complexity index is 409. The molecule has 70 valence electrons. The van der Waals surface area contributed by atoms with E-state index in [1.165, 1.54) is 0 Å². The molecule has 2 rings (SSSR count). The topological polar surface area (TPSA) is 12.4 Å². The third-order valence-electron chi connectivity index (χ3n) is 2.01. The molecule has 0 saturated carbocycles. The monoisotopic (exact) mass is 265 g/mol. The fourth-order valence-electron chi connectivity index (χ4n) is 1.36. The van der Waals surface area contributed by atoms with Gasteiger partial charge in [0.25, 0.3) is 0 Å². The maximum absolute atomic E-state index is 5.27. The summed E-state index contributed by atoms with van der Waals surface area (Å²) in [5.41, 5.74) is 1.14. The molecule has 0 saturated heterocycles. The van der Waals surface area contributed by atoms with E-state index in [4.69, 9.17) is 12.2 Å². The number of halogens is 1. The van der Waals surface area contributed by atoms with Gasteiger partial charge >= 0.3 is 0 Å². The zero-order valence-electron chi connectivity index (χ0n) is 7.35. The molecule has 0 amide bonds. The normalized spacial score (nSPS) is 20.8. The zero-order valence-corrected chi connectivity index (χ0v) is 9.75. The second-order valence-electron chi connectivity index (χ2n) is 3.02. The predicted octanol–water partition coefficient (Wildman–Crippen LogP) is 3.46. The van der Waals surface area contributed by atoms with Crippen molar-refractivity contribution in [1.29, 1.82) is 0 Å². The van der Waals surface area contributed by atoms with Crippen LogP contribution in [0.4, 0.5) is 0 Å². The molecule has 0 bridgehead atoms. The van der Waals surface area contributed by atoms with Gasteiger partial charge in [0.05, 0.1) is 0 Å². The van der Waals surface area contributed by atoms with Crippen molar-refractivity contribution in [3.8, 4) is 0 Å². The van der Waals surface area contributed by atoms with Crippen LogP contribution in [0, 0.1) is 0 Å². The predicted molar refractivity (Wildman–Crippen MR) is 67.3 cm³/mol. The maximum Gasteiger partial charge on any atom is 0.110 e. The summed E-state index contributed by atoms with van der Waals surface area (Å²) in [7, 11) is 0. The summed E-state index contributed by atoms with van der Waals surface area (Å²) in [5.74, 6) is 0. The Morgan fingerprint density at radius 2 is 1.93 bits per heavy atom. The number of benzene rings is 1. The molecular formula is C11H8BrNS. The van der Waals surface area contributed by atoms with Crippen molar-refractivity contribution in [3.63, 3.8) is 0 Å². The molecule has 0 aliphatic carbocycles. The van der Waals surface area contributed by atoms with Crippen LogP contribution in [0.25, 0.3) is 0 Å². The average Bonchev–Trinajstić information content (AvgIpc) is 2.19. The summed E-state index contributed by atoms with van der Waals surface area (Å²) < 4.78 is 0.940. The highest BCUT2D eigenvalue weighted by molar-refractivity contribution is 9.12. The van der Waals surface area contributed by atoms with E-state index < -0.39 is 0 Å². The molecule has 1 nitrogen and oxygen atoms in total. The van der Waals surface area contributed by atoms with Gasteiger partial charge in [0.1, 0.15) is 6.04 Å². The quantitative estimate of drug-likeness (QED) is 0.709. The molecule has 1 atom stereocenters. The number of allylic oxidation sites excluding steroid dienone is 1. The Labute approximate surface area is 96.7 Å². The van der Waals surface area contributed by atoms with Gasteiger partial charge in [-0.25, -0.2) is 0 Å². The first kappa shape index (κ1) is 9.74. The molecule has 1 heterocycles. The SMILES string of the molecule is S=C1C=C(Br)C=NC1c1ccccc1. The average molecular weight is 266 g/mol. The first-order valence-electron chi connectivity index (χ1n) is 4.26. The van der Waals surface area contributed by atoms with Crippen molar-refractivity contribution in [2.75, 3.05) is 0 Å². The Morgan fingerprint density at radius 1 is 1.21 bits per heavy atom. The summed E-state index contributed by atoms with van der Waals surface area (Å²) in [6.45, 7) is 0. The Hall–Kier alpha value is -0.800. The summed E-state index contributed by atoms with van der Waals surface area (Å²) >= 11 is 8.62. The van der Waals surface area contributed by atoms with E-state index in [2.05, 4.69) is 20.9 Å². The van der Waals surface area contributed by atoms with Crippen LogP contribution in [0.3, 0.4) is 0 Å². The van der Waals surface area contributed by atoms with E-state index in [0.29, 0.717) is 0 Å². The van der Waals surface area contributed by atoms with Crippen molar-refractivity contribution in [1.82, 2.24) is 0 Å². The molecular weight excluding hydrogens is 258 g/mol. The summed E-state index contributed by atoms with van der Waals surface area (Å²) in [5, 5.41) is 0. The fraction of sp³-hybridized carbons (Fsp3) is 0.0909. The molecule has 1 aromatic rings. The van der Waals surface area contributed by atoms with Crippen LogP contribution in [-0.4, -0.2) is 11.1 Å². The number of rotatable bonds is 1. The van der Waals surface area contributed by atoms with Gasteiger partial charge in [0.15, 0.2) is 0 Å². The number of nitrogens with zero attached hydrogens (tertiary/aromatic N) is 1. The van der Waals surface area contributed by atoms with Crippen LogP contribution >= 0.6 is 28.1 Å². The summed E-state index contributed by atoms with van der Waals surface area (Å²) in [6.07, 6.45) is 3.73. The number of hydrogen-bond donors (Lipinski definition) is 0. The third kappa shape index (κ3) is 1.99. The second-order valence-corrected chi connectivity index (χ2v) is 4.41. The molecule has 0 aromatic heterocycles. The van der Waals surface area contributed by atoms with Crippen LogP contribution < -0.4 is 0 Å². The third-order valence-corrected chi connectivity index (χ3v) is 2.79. The zero-order chi connectivity index (χ0) is 9.97. The minimum atomic E-state index is 0.00694. The number of thiocarbonyl (C=S) groups is 1. The largest absolute Gasteiger partial charge is 0.278 e. The van der Waals surface area contributed by atoms with Gasteiger partial charge in [-0.2, -0.15) is 0 Å². The van der Waals surface area contributed by atoms with E-state index in [0.717, 1.165) is 14.9 Å². The second kappa shape index (κ2) is 4.15. The van der Waals surface area contributed by atoms with Crippen LogP contribution in [0.15, 0.2) is 45.9 Å². The minimum Gasteiger partial charge on any atom is -0.278 e. The molecule has 3 heteroatoms. The van der Waals surface area contributed by atoms with Crippen LogP contribution in [0.5, 0.6) is 0 Å². The molecule has 1 aromatic carbocycles. The highest BCUT2D eigenvalue weighted by Crippen LogP contribution is 2.24. The Morgan fingerprint density at radius 3 is 2.57 bits per heavy atom. The summed E-state index contributed by atoms with van der Waals surface area (Å²) in [4.78, 5) is 5.23. The maximum atomic E-state index is 5.27. The molecule has 1 aliphatic rings. The van der Waals surface area contributed by atoms with E-state index in [-0.39, 0.29) is 6.04 Å². The molecule has 14 heavy (non-hydrogen) atoms. The van der Waals surface area contributed by atoms with Crippen LogP contribution in [0.2, 0.25) is 0 Å². The van der Waals surface area contributed by atoms with E-state index in [1.54, 1.807) is 6.21 Å². The summed E-state index contributed by atoms with van der Waals surface area (Å²) in [6, 6.07) is 10.1. The van der Waals surface area contributed by atoms with Crippen molar-refractivity contribution >= 4 is 39.2 Å². The van der Waals surface area contributed by atoms with E-state index in [9.17, 15) is 0 Å². The van der Waals surface area contributed by atoms with Gasteiger partial charge in [0, 0.05) is 15.6 Å². The van der Waals surface area contributed by atoms with E-state index in [1.807, 2.05) is 36.4 Å². The smallest absolute Gasteiger partial charge is 0.110 e. The first-order chi connectivity index (χ1) is 6.77. The van der Waals surface area contributed by atoms with Gasteiger partial charge in [-0.05, 0) is 27.6 Å². The lowest BCUT2D eigenvalue weighted by molar-refractivity contribution is 0.983. The highest BCUT2D eigenvalue weighted by Gasteiger charge is 2.16. The lowest BCUT2D eigenvalue weighted by Crippen LogP contribution is -2.09. The van der Waals surface area contributed by atoms with Crippen molar-refractivity contribution in [3.05, 3.63) is 46.5 Å². The first-order valence-corrected chi connectivity index (χ1v) is 5.46. The van der Waals surface area contributed by atoms with Gasteiger partial charge in [0.2, 0.25) is 0 Å². The lowest BCUT2D eigenvalue weighted by Gasteiger charge is -2.15. The van der Waals surface area contributed by atoms with Gasteiger partial charge in [-0.3, -0.25) is 4.99 Å². The van der Waals surface area contributed by atoms with Crippen molar-refractivity contribution in [2.24, 2.45) is 4.99 Å². The molecule has 1 aliphatic heterocycles. The van der Waals surface area contributed by atoms with Crippen molar-refractivity contribution < 1.29 is 0 Å². The van der Waals surface area contributed by atoms with Crippen LogP contribution in [0.1, 0.15) is 11.6 Å².